The van der Waals surface area contributed by atoms with E-state index in [4.69, 9.17) is 11.6 Å². The van der Waals surface area contributed by atoms with Crippen molar-refractivity contribution >= 4 is 40.5 Å². The summed E-state index contributed by atoms with van der Waals surface area (Å²) in [6.07, 6.45) is 0. The van der Waals surface area contributed by atoms with Crippen LogP contribution in [-0.2, 0) is 9.59 Å². The van der Waals surface area contributed by atoms with Crippen LogP contribution in [0, 0.1) is 6.92 Å². The van der Waals surface area contributed by atoms with E-state index < -0.39 is 6.04 Å². The lowest BCUT2D eigenvalue weighted by atomic mass is 10.2. The number of benzene rings is 2. The summed E-state index contributed by atoms with van der Waals surface area (Å²) < 4.78 is 0. The molecule has 1 unspecified atom stereocenters. The fourth-order valence-corrected chi connectivity index (χ4v) is 2.44. The Morgan fingerprint density at radius 2 is 1.76 bits per heavy atom. The average molecular weight is 360 g/mol. The first-order valence-corrected chi connectivity index (χ1v) is 8.34. The number of rotatable bonds is 5. The average Bonchev–Trinajstić information content (AvgIpc) is 2.58. The van der Waals surface area contributed by atoms with Gasteiger partial charge in [0.1, 0.15) is 6.04 Å². The molecule has 1 atom stereocenters. The predicted octanol–water partition coefficient (Wildman–Crippen LogP) is 4.07. The smallest absolute Gasteiger partial charge is 0.246 e. The molecule has 0 aliphatic rings. The molecule has 5 nitrogen and oxygen atoms in total. The Bertz CT molecular complexity index is 775. The van der Waals surface area contributed by atoms with Crippen molar-refractivity contribution in [2.24, 2.45) is 0 Å². The molecule has 25 heavy (non-hydrogen) atoms. The van der Waals surface area contributed by atoms with Crippen LogP contribution in [0.2, 0.25) is 5.02 Å². The van der Waals surface area contributed by atoms with E-state index in [0.29, 0.717) is 10.7 Å². The van der Waals surface area contributed by atoms with Gasteiger partial charge >= 0.3 is 0 Å². The van der Waals surface area contributed by atoms with E-state index >= 15 is 0 Å². The zero-order valence-electron chi connectivity index (χ0n) is 14.8. The number of hydrogen-bond acceptors (Lipinski definition) is 3. The van der Waals surface area contributed by atoms with Gasteiger partial charge in [-0.05, 0) is 55.8 Å². The molecule has 0 fully saturated rings. The van der Waals surface area contributed by atoms with Gasteiger partial charge in [0.25, 0.3) is 0 Å². The van der Waals surface area contributed by atoms with E-state index in [0.717, 1.165) is 16.9 Å². The third-order valence-corrected chi connectivity index (χ3v) is 4.44. The van der Waals surface area contributed by atoms with Crippen molar-refractivity contribution in [1.82, 2.24) is 0 Å². The molecule has 2 aromatic rings. The molecule has 6 heteroatoms. The monoisotopic (exact) mass is 359 g/mol. The summed E-state index contributed by atoms with van der Waals surface area (Å²) >= 11 is 6.07. The van der Waals surface area contributed by atoms with Crippen LogP contribution in [0.25, 0.3) is 0 Å². The molecule has 0 saturated carbocycles. The van der Waals surface area contributed by atoms with Gasteiger partial charge in [-0.25, -0.2) is 0 Å². The minimum absolute atomic E-state index is 0.0367. The Balaban J connectivity index is 2.01. The van der Waals surface area contributed by atoms with Crippen molar-refractivity contribution in [3.63, 3.8) is 0 Å². The molecule has 0 aromatic heterocycles. The van der Waals surface area contributed by atoms with Crippen molar-refractivity contribution in [2.75, 3.05) is 22.6 Å². The van der Waals surface area contributed by atoms with Gasteiger partial charge in [-0.15, -0.1) is 0 Å². The third-order valence-electron chi connectivity index (χ3n) is 4.03. The van der Waals surface area contributed by atoms with Crippen LogP contribution >= 0.6 is 11.6 Å². The fraction of sp³-hybridized carbons (Fsp3) is 0.263. The lowest BCUT2D eigenvalue weighted by molar-refractivity contribution is -0.117. The van der Waals surface area contributed by atoms with E-state index in [1.807, 2.05) is 37.3 Å². The molecule has 0 heterocycles. The summed E-state index contributed by atoms with van der Waals surface area (Å²) in [7, 11) is 1.72. The molecule has 132 valence electrons. The standard InChI is InChI=1S/C19H22ClN3O2/c1-12-17(20)6-5-7-18(12)22-19(25)13(2)21-15-8-10-16(11-9-15)23(4)14(3)24/h5-11,13,21H,1-4H3,(H,22,25). The summed E-state index contributed by atoms with van der Waals surface area (Å²) in [4.78, 5) is 25.3. The molecule has 2 amide bonds. The number of halogens is 1. The van der Waals surface area contributed by atoms with Crippen molar-refractivity contribution in [1.29, 1.82) is 0 Å². The van der Waals surface area contributed by atoms with Crippen molar-refractivity contribution in [2.45, 2.75) is 26.8 Å². The van der Waals surface area contributed by atoms with Crippen LogP contribution in [0.4, 0.5) is 17.1 Å². The first-order chi connectivity index (χ1) is 11.8. The molecule has 0 aliphatic heterocycles. The van der Waals surface area contributed by atoms with Crippen molar-refractivity contribution in [3.05, 3.63) is 53.1 Å². The van der Waals surface area contributed by atoms with Crippen LogP contribution < -0.4 is 15.5 Å². The normalized spacial score (nSPS) is 11.6. The largest absolute Gasteiger partial charge is 0.374 e. The summed E-state index contributed by atoms with van der Waals surface area (Å²) in [6, 6.07) is 12.3. The lowest BCUT2D eigenvalue weighted by Gasteiger charge is -2.18. The topological polar surface area (TPSA) is 61.4 Å². The summed E-state index contributed by atoms with van der Waals surface area (Å²) in [6.45, 7) is 5.15. The predicted molar refractivity (Wildman–Crippen MR) is 103 cm³/mol. The number of carbonyl (C=O) groups excluding carboxylic acids is 2. The van der Waals surface area contributed by atoms with Crippen molar-refractivity contribution in [3.8, 4) is 0 Å². The van der Waals surface area contributed by atoms with Gasteiger partial charge in [0.15, 0.2) is 0 Å². The molecule has 2 rings (SSSR count). The number of anilines is 3. The molecule has 0 radical (unpaired) electrons. The Morgan fingerprint density at radius 3 is 2.36 bits per heavy atom. The number of hydrogen-bond donors (Lipinski definition) is 2. The molecule has 0 saturated heterocycles. The number of amides is 2. The SMILES string of the molecule is CC(=O)N(C)c1ccc(NC(C)C(=O)Nc2cccc(Cl)c2C)cc1. The van der Waals surface area contributed by atoms with E-state index in [9.17, 15) is 9.59 Å². The van der Waals surface area contributed by atoms with Crippen molar-refractivity contribution < 1.29 is 9.59 Å². The second-order valence-electron chi connectivity index (χ2n) is 5.89. The van der Waals surface area contributed by atoms with Gasteiger partial charge < -0.3 is 15.5 Å². The lowest BCUT2D eigenvalue weighted by Crippen LogP contribution is -2.32. The van der Waals surface area contributed by atoms with Gasteiger partial charge in [-0.3, -0.25) is 9.59 Å². The zero-order chi connectivity index (χ0) is 18.6. The Labute approximate surface area is 153 Å². The zero-order valence-corrected chi connectivity index (χ0v) is 15.5. The molecular weight excluding hydrogens is 338 g/mol. The van der Waals surface area contributed by atoms with E-state index in [1.54, 1.807) is 31.0 Å². The Hall–Kier alpha value is -2.53. The molecule has 0 aliphatic carbocycles. The van der Waals surface area contributed by atoms with E-state index in [2.05, 4.69) is 10.6 Å². The van der Waals surface area contributed by atoms with Gasteiger partial charge in [0.2, 0.25) is 11.8 Å². The molecule has 0 spiro atoms. The summed E-state index contributed by atoms with van der Waals surface area (Å²) in [5, 5.41) is 6.63. The molecule has 2 N–H and O–H groups in total. The Morgan fingerprint density at radius 1 is 1.12 bits per heavy atom. The van der Waals surface area contributed by atoms with Crippen LogP contribution in [-0.4, -0.2) is 24.9 Å². The maximum absolute atomic E-state index is 12.4. The molecular formula is C19H22ClN3O2. The van der Waals surface area contributed by atoms with E-state index in [1.165, 1.54) is 6.92 Å². The highest BCUT2D eigenvalue weighted by Gasteiger charge is 2.14. The summed E-state index contributed by atoms with van der Waals surface area (Å²) in [5.74, 6) is -0.194. The minimum Gasteiger partial charge on any atom is -0.374 e. The maximum Gasteiger partial charge on any atom is 0.246 e. The van der Waals surface area contributed by atoms with Crippen LogP contribution in [0.15, 0.2) is 42.5 Å². The number of nitrogens with zero attached hydrogens (tertiary/aromatic N) is 1. The van der Waals surface area contributed by atoms with Gasteiger partial charge in [0.05, 0.1) is 0 Å². The second-order valence-corrected chi connectivity index (χ2v) is 6.30. The second kappa shape index (κ2) is 8.03. The minimum atomic E-state index is -0.435. The first-order valence-electron chi connectivity index (χ1n) is 7.96. The number of nitrogens with one attached hydrogen (secondary N) is 2. The van der Waals surface area contributed by atoms with Crippen LogP contribution in [0.3, 0.4) is 0 Å². The Kier molecular flexibility index (Phi) is 6.04. The number of carbonyl (C=O) groups is 2. The van der Waals surface area contributed by atoms with Crippen LogP contribution in [0.5, 0.6) is 0 Å². The van der Waals surface area contributed by atoms with Gasteiger partial charge in [-0.2, -0.15) is 0 Å². The highest BCUT2D eigenvalue weighted by atomic mass is 35.5. The first kappa shape index (κ1) is 18.8. The maximum atomic E-state index is 12.4. The molecule has 2 aromatic carbocycles. The van der Waals surface area contributed by atoms with E-state index in [-0.39, 0.29) is 11.8 Å². The summed E-state index contributed by atoms with van der Waals surface area (Å²) in [5.41, 5.74) is 3.13. The van der Waals surface area contributed by atoms with Gasteiger partial charge in [0, 0.05) is 36.1 Å². The molecule has 0 bridgehead atoms. The highest BCUT2D eigenvalue weighted by molar-refractivity contribution is 6.31. The fourth-order valence-electron chi connectivity index (χ4n) is 2.26. The van der Waals surface area contributed by atoms with Gasteiger partial charge in [-0.1, -0.05) is 17.7 Å². The highest BCUT2D eigenvalue weighted by Crippen LogP contribution is 2.23. The van der Waals surface area contributed by atoms with Crippen LogP contribution in [0.1, 0.15) is 19.4 Å². The quantitative estimate of drug-likeness (QED) is 0.845. The third kappa shape index (κ3) is 4.73.